The molecule has 2 aromatic carbocycles. The first-order chi connectivity index (χ1) is 12.4. The Morgan fingerprint density at radius 1 is 1.00 bits per heavy atom. The van der Waals surface area contributed by atoms with Crippen LogP contribution in [0, 0.1) is 0 Å². The van der Waals surface area contributed by atoms with Crippen LogP contribution in [0.2, 0.25) is 10.0 Å². The van der Waals surface area contributed by atoms with Crippen LogP contribution in [0.4, 0.5) is 10.5 Å². The van der Waals surface area contributed by atoms with Gasteiger partial charge in [0.1, 0.15) is 5.57 Å². The number of carbonyl (C=O) groups is 3. The van der Waals surface area contributed by atoms with E-state index in [-0.39, 0.29) is 5.57 Å². The molecule has 0 atom stereocenters. The number of benzene rings is 2. The summed E-state index contributed by atoms with van der Waals surface area (Å²) in [6.45, 7) is 2.00. The Kier molecular flexibility index (Phi) is 5.11. The number of urea groups is 1. The van der Waals surface area contributed by atoms with Gasteiger partial charge < -0.3 is 0 Å². The third-order valence-corrected chi connectivity index (χ3v) is 4.70. The maximum absolute atomic E-state index is 12.8. The van der Waals surface area contributed by atoms with Crippen LogP contribution in [-0.4, -0.2) is 17.8 Å². The van der Waals surface area contributed by atoms with Crippen LogP contribution in [0.25, 0.3) is 6.08 Å². The predicted molar refractivity (Wildman–Crippen MR) is 101 cm³/mol. The summed E-state index contributed by atoms with van der Waals surface area (Å²) in [5, 5.41) is 2.84. The van der Waals surface area contributed by atoms with E-state index >= 15 is 0 Å². The largest absolute Gasteiger partial charge is 0.335 e. The third kappa shape index (κ3) is 3.49. The number of barbiturate groups is 1. The summed E-state index contributed by atoms with van der Waals surface area (Å²) < 4.78 is 0. The molecule has 1 N–H and O–H groups in total. The number of carbonyl (C=O) groups excluding carboxylic acids is 3. The standard InChI is InChI=1S/C19H14Cl2N2O3/c1-2-11-3-6-13(7-4-11)23-18(25)14(17(24)22-19(23)26)9-12-5-8-15(20)16(21)10-12/h3-10H,2H2,1H3,(H,22,24,26)/b14-9+. The van der Waals surface area contributed by atoms with Gasteiger partial charge in [-0.25, -0.2) is 9.69 Å². The molecule has 4 amide bonds. The van der Waals surface area contributed by atoms with Crippen molar-refractivity contribution in [2.45, 2.75) is 13.3 Å². The van der Waals surface area contributed by atoms with Crippen molar-refractivity contribution in [2.24, 2.45) is 0 Å². The summed E-state index contributed by atoms with van der Waals surface area (Å²) in [5.74, 6) is -1.46. The van der Waals surface area contributed by atoms with Crippen molar-refractivity contribution in [3.63, 3.8) is 0 Å². The summed E-state index contributed by atoms with van der Waals surface area (Å²) in [4.78, 5) is 38.0. The van der Waals surface area contributed by atoms with E-state index in [4.69, 9.17) is 23.2 Å². The van der Waals surface area contributed by atoms with E-state index < -0.39 is 17.8 Å². The van der Waals surface area contributed by atoms with Gasteiger partial charge in [-0.05, 0) is 47.9 Å². The average molecular weight is 389 g/mol. The molecular formula is C19H14Cl2N2O3. The molecule has 26 heavy (non-hydrogen) atoms. The maximum Gasteiger partial charge on any atom is 0.335 e. The van der Waals surface area contributed by atoms with Gasteiger partial charge in [-0.15, -0.1) is 0 Å². The average Bonchev–Trinajstić information content (AvgIpc) is 2.62. The fraction of sp³-hybridized carbons (Fsp3) is 0.105. The lowest BCUT2D eigenvalue weighted by Crippen LogP contribution is -2.54. The van der Waals surface area contributed by atoms with Gasteiger partial charge in [0.25, 0.3) is 11.8 Å². The van der Waals surface area contributed by atoms with Crippen LogP contribution in [0.5, 0.6) is 0 Å². The summed E-state index contributed by atoms with van der Waals surface area (Å²) >= 11 is 11.8. The molecule has 0 unspecified atom stereocenters. The molecular weight excluding hydrogens is 375 g/mol. The highest BCUT2D eigenvalue weighted by molar-refractivity contribution is 6.42. The number of rotatable bonds is 3. The van der Waals surface area contributed by atoms with Gasteiger partial charge in [-0.2, -0.15) is 0 Å². The first-order valence-electron chi connectivity index (χ1n) is 7.86. The smallest absolute Gasteiger partial charge is 0.273 e. The highest BCUT2D eigenvalue weighted by atomic mass is 35.5. The lowest BCUT2D eigenvalue weighted by atomic mass is 10.1. The van der Waals surface area contributed by atoms with E-state index in [1.54, 1.807) is 24.3 Å². The summed E-state index contributed by atoms with van der Waals surface area (Å²) in [5.41, 5.74) is 1.81. The van der Waals surface area contributed by atoms with Crippen LogP contribution < -0.4 is 10.2 Å². The Labute approximate surface area is 160 Å². The number of imide groups is 2. The molecule has 0 bridgehead atoms. The zero-order valence-electron chi connectivity index (χ0n) is 13.8. The minimum absolute atomic E-state index is 0.164. The number of nitrogens with zero attached hydrogens (tertiary/aromatic N) is 1. The fourth-order valence-corrected chi connectivity index (χ4v) is 2.85. The van der Waals surface area contributed by atoms with Crippen LogP contribution >= 0.6 is 23.2 Å². The molecule has 0 saturated carbocycles. The Morgan fingerprint density at radius 3 is 2.31 bits per heavy atom. The predicted octanol–water partition coefficient (Wildman–Crippen LogP) is 4.22. The molecule has 132 valence electrons. The Morgan fingerprint density at radius 2 is 1.69 bits per heavy atom. The topological polar surface area (TPSA) is 66.5 Å². The van der Waals surface area contributed by atoms with E-state index in [1.165, 1.54) is 12.1 Å². The summed E-state index contributed by atoms with van der Waals surface area (Å²) in [6.07, 6.45) is 2.21. The number of hydrogen-bond acceptors (Lipinski definition) is 3. The minimum atomic E-state index is -0.782. The Balaban J connectivity index is 1.99. The highest BCUT2D eigenvalue weighted by Gasteiger charge is 2.36. The van der Waals surface area contributed by atoms with Gasteiger partial charge in [-0.1, -0.05) is 48.3 Å². The van der Waals surface area contributed by atoms with Crippen LogP contribution in [0.3, 0.4) is 0 Å². The lowest BCUT2D eigenvalue weighted by molar-refractivity contribution is -0.122. The highest BCUT2D eigenvalue weighted by Crippen LogP contribution is 2.26. The molecule has 0 spiro atoms. The molecule has 0 aromatic heterocycles. The molecule has 2 aromatic rings. The van der Waals surface area contributed by atoms with Gasteiger partial charge >= 0.3 is 6.03 Å². The van der Waals surface area contributed by atoms with Gasteiger partial charge in [0, 0.05) is 0 Å². The molecule has 1 fully saturated rings. The molecule has 3 rings (SSSR count). The normalized spacial score (nSPS) is 16.2. The van der Waals surface area contributed by atoms with Crippen LogP contribution in [0.1, 0.15) is 18.1 Å². The second kappa shape index (κ2) is 7.32. The summed E-state index contributed by atoms with van der Waals surface area (Å²) in [7, 11) is 0. The summed E-state index contributed by atoms with van der Waals surface area (Å²) in [6, 6.07) is 10.9. The monoisotopic (exact) mass is 388 g/mol. The van der Waals surface area contributed by atoms with Crippen molar-refractivity contribution in [1.82, 2.24) is 5.32 Å². The number of amides is 4. The van der Waals surface area contributed by atoms with Crippen molar-refractivity contribution in [2.75, 3.05) is 4.90 Å². The minimum Gasteiger partial charge on any atom is -0.273 e. The molecule has 1 heterocycles. The third-order valence-electron chi connectivity index (χ3n) is 3.96. The van der Waals surface area contributed by atoms with Gasteiger partial charge in [0.15, 0.2) is 0 Å². The number of nitrogens with one attached hydrogen (secondary N) is 1. The van der Waals surface area contributed by atoms with Crippen molar-refractivity contribution < 1.29 is 14.4 Å². The maximum atomic E-state index is 12.8. The molecule has 0 radical (unpaired) electrons. The number of anilines is 1. The Hall–Kier alpha value is -2.63. The molecule has 7 heteroatoms. The van der Waals surface area contributed by atoms with E-state index in [1.807, 2.05) is 19.1 Å². The van der Waals surface area contributed by atoms with Crippen LogP contribution in [0.15, 0.2) is 48.0 Å². The second-order valence-corrected chi connectivity index (χ2v) is 6.47. The van der Waals surface area contributed by atoms with Crippen LogP contribution in [-0.2, 0) is 16.0 Å². The van der Waals surface area contributed by atoms with E-state index in [0.717, 1.165) is 16.9 Å². The van der Waals surface area contributed by atoms with Crippen molar-refractivity contribution in [3.05, 3.63) is 69.2 Å². The molecule has 0 aliphatic carbocycles. The van der Waals surface area contributed by atoms with Crippen molar-refractivity contribution >= 4 is 52.8 Å². The Bertz CT molecular complexity index is 936. The van der Waals surface area contributed by atoms with E-state index in [0.29, 0.717) is 21.3 Å². The SMILES string of the molecule is CCc1ccc(N2C(=O)NC(=O)/C(=C\c3ccc(Cl)c(Cl)c3)C2=O)cc1. The van der Waals surface area contributed by atoms with Gasteiger partial charge in [0.05, 0.1) is 15.7 Å². The number of halogens is 2. The molecule has 1 aliphatic heterocycles. The molecule has 5 nitrogen and oxygen atoms in total. The first kappa shape index (κ1) is 18.2. The van der Waals surface area contributed by atoms with Gasteiger partial charge in [0.2, 0.25) is 0 Å². The lowest BCUT2D eigenvalue weighted by Gasteiger charge is -2.26. The first-order valence-corrected chi connectivity index (χ1v) is 8.61. The second-order valence-electron chi connectivity index (χ2n) is 5.65. The van der Waals surface area contributed by atoms with E-state index in [2.05, 4.69) is 5.32 Å². The van der Waals surface area contributed by atoms with E-state index in [9.17, 15) is 14.4 Å². The van der Waals surface area contributed by atoms with Gasteiger partial charge in [-0.3, -0.25) is 14.9 Å². The molecule has 1 saturated heterocycles. The van der Waals surface area contributed by atoms with Crippen molar-refractivity contribution in [1.29, 1.82) is 0 Å². The molecule has 1 aliphatic rings. The quantitative estimate of drug-likeness (QED) is 0.631. The number of hydrogen-bond donors (Lipinski definition) is 1. The van der Waals surface area contributed by atoms with Crippen molar-refractivity contribution in [3.8, 4) is 0 Å². The zero-order chi connectivity index (χ0) is 18.8. The fourth-order valence-electron chi connectivity index (χ4n) is 2.54. The zero-order valence-corrected chi connectivity index (χ0v) is 15.3. The number of aryl methyl sites for hydroxylation is 1.